The Morgan fingerprint density at radius 3 is 1.00 bits per heavy atom. The third-order valence-electron chi connectivity index (χ3n) is 7.36. The predicted molar refractivity (Wildman–Crippen MR) is 173 cm³/mol. The molecule has 42 heavy (non-hydrogen) atoms. The van der Waals surface area contributed by atoms with Crippen molar-refractivity contribution in [3.8, 4) is 0 Å². The van der Waals surface area contributed by atoms with Gasteiger partial charge in [-0.3, -0.25) is 4.79 Å². The molecule has 0 saturated carbocycles. The molecule has 0 spiro atoms. The molecule has 7 nitrogen and oxygen atoms in total. The SMILES string of the molecule is CCCCCCCCCCCCCOCCOCCOCCOCCOCCOC(=O)CCCCCCCCCCC. The molecule has 0 N–H and O–H groups in total. The van der Waals surface area contributed by atoms with Gasteiger partial charge < -0.3 is 28.4 Å². The summed E-state index contributed by atoms with van der Waals surface area (Å²) in [5.74, 6) is -0.119. The molecule has 0 saturated heterocycles. The first-order valence-electron chi connectivity index (χ1n) is 17.9. The van der Waals surface area contributed by atoms with Crippen LogP contribution < -0.4 is 0 Å². The van der Waals surface area contributed by atoms with E-state index >= 15 is 0 Å². The largest absolute Gasteiger partial charge is 0.463 e. The number of rotatable bonds is 37. The van der Waals surface area contributed by atoms with Gasteiger partial charge in [0, 0.05) is 13.0 Å². The molecule has 0 atom stereocenters. The summed E-state index contributed by atoms with van der Waals surface area (Å²) in [5, 5.41) is 0. The second-order valence-corrected chi connectivity index (χ2v) is 11.4. The van der Waals surface area contributed by atoms with Crippen LogP contribution in [0.2, 0.25) is 0 Å². The topological polar surface area (TPSA) is 72.5 Å². The monoisotopic (exact) mass is 603 g/mol. The summed E-state index contributed by atoms with van der Waals surface area (Å²) in [6.07, 6.45) is 26.6. The Kier molecular flexibility index (Phi) is 37.6. The standard InChI is InChI=1S/C35H70O7/c1-3-5-7-9-11-13-14-16-18-20-22-24-37-25-26-38-27-28-39-29-30-40-31-32-41-33-34-42-35(36)23-21-19-17-15-12-10-8-6-4-2/h3-34H2,1-2H3. The van der Waals surface area contributed by atoms with Crippen molar-refractivity contribution in [1.82, 2.24) is 0 Å². The van der Waals surface area contributed by atoms with Crippen LogP contribution in [0.4, 0.5) is 0 Å². The third-order valence-corrected chi connectivity index (χ3v) is 7.36. The van der Waals surface area contributed by atoms with Crippen LogP contribution in [-0.2, 0) is 33.2 Å². The van der Waals surface area contributed by atoms with Crippen molar-refractivity contribution in [2.45, 2.75) is 149 Å². The van der Waals surface area contributed by atoms with Crippen LogP contribution in [0, 0.1) is 0 Å². The Hall–Kier alpha value is -0.730. The van der Waals surface area contributed by atoms with Gasteiger partial charge in [0.1, 0.15) is 6.61 Å². The highest BCUT2D eigenvalue weighted by Gasteiger charge is 2.03. The smallest absolute Gasteiger partial charge is 0.305 e. The fourth-order valence-electron chi connectivity index (χ4n) is 4.72. The van der Waals surface area contributed by atoms with Crippen molar-refractivity contribution in [3.63, 3.8) is 0 Å². The molecule has 0 rings (SSSR count). The molecule has 0 aliphatic carbocycles. The van der Waals surface area contributed by atoms with E-state index in [1.165, 1.54) is 109 Å². The molecule has 0 unspecified atom stereocenters. The zero-order valence-electron chi connectivity index (χ0n) is 28.0. The van der Waals surface area contributed by atoms with Crippen LogP contribution in [0.5, 0.6) is 0 Å². The van der Waals surface area contributed by atoms with Crippen molar-refractivity contribution in [3.05, 3.63) is 0 Å². The van der Waals surface area contributed by atoms with Gasteiger partial charge in [-0.05, 0) is 12.8 Å². The molecule has 0 aromatic heterocycles. The number of esters is 1. The summed E-state index contributed by atoms with van der Waals surface area (Å²) in [4.78, 5) is 11.8. The van der Waals surface area contributed by atoms with E-state index in [-0.39, 0.29) is 5.97 Å². The highest BCUT2D eigenvalue weighted by molar-refractivity contribution is 5.69. The first-order valence-corrected chi connectivity index (χ1v) is 17.9. The molecule has 0 aromatic carbocycles. The zero-order valence-corrected chi connectivity index (χ0v) is 28.0. The van der Waals surface area contributed by atoms with Crippen LogP contribution in [0.3, 0.4) is 0 Å². The van der Waals surface area contributed by atoms with E-state index < -0.39 is 0 Å². The number of carbonyl (C=O) groups excluding carboxylic acids is 1. The Morgan fingerprint density at radius 2 is 0.619 bits per heavy atom. The average molecular weight is 603 g/mol. The van der Waals surface area contributed by atoms with E-state index in [0.29, 0.717) is 72.5 Å². The van der Waals surface area contributed by atoms with Crippen molar-refractivity contribution in [2.24, 2.45) is 0 Å². The second-order valence-electron chi connectivity index (χ2n) is 11.4. The summed E-state index contributed by atoms with van der Waals surface area (Å²) in [6.45, 7) is 10.5. The van der Waals surface area contributed by atoms with Crippen molar-refractivity contribution < 1.29 is 33.2 Å². The maximum Gasteiger partial charge on any atom is 0.305 e. The summed E-state index contributed by atoms with van der Waals surface area (Å²) < 4.78 is 32.9. The summed E-state index contributed by atoms with van der Waals surface area (Å²) >= 11 is 0. The quantitative estimate of drug-likeness (QED) is 0.0519. The van der Waals surface area contributed by atoms with E-state index in [2.05, 4.69) is 13.8 Å². The van der Waals surface area contributed by atoms with E-state index in [1.807, 2.05) is 0 Å². The van der Waals surface area contributed by atoms with Gasteiger partial charge in [-0.1, -0.05) is 129 Å². The lowest BCUT2D eigenvalue weighted by Gasteiger charge is -2.08. The molecule has 7 heteroatoms. The minimum absolute atomic E-state index is 0.119. The van der Waals surface area contributed by atoms with Gasteiger partial charge in [0.2, 0.25) is 0 Å². The second kappa shape index (κ2) is 38.3. The van der Waals surface area contributed by atoms with Gasteiger partial charge in [0.25, 0.3) is 0 Å². The van der Waals surface area contributed by atoms with Gasteiger partial charge in [-0.25, -0.2) is 0 Å². The molecular weight excluding hydrogens is 532 g/mol. The van der Waals surface area contributed by atoms with E-state index in [9.17, 15) is 4.79 Å². The normalized spacial score (nSPS) is 11.4. The minimum atomic E-state index is -0.119. The van der Waals surface area contributed by atoms with Gasteiger partial charge in [-0.15, -0.1) is 0 Å². The van der Waals surface area contributed by atoms with Crippen LogP contribution in [0.15, 0.2) is 0 Å². The average Bonchev–Trinajstić information content (AvgIpc) is 3.00. The van der Waals surface area contributed by atoms with E-state index in [1.54, 1.807) is 0 Å². The molecule has 0 aromatic rings. The first-order chi connectivity index (χ1) is 20.8. The molecule has 0 heterocycles. The van der Waals surface area contributed by atoms with Crippen molar-refractivity contribution >= 4 is 5.97 Å². The molecule has 0 aliphatic heterocycles. The van der Waals surface area contributed by atoms with E-state index in [4.69, 9.17) is 28.4 Å². The fourth-order valence-corrected chi connectivity index (χ4v) is 4.72. The Labute approximate surface area is 260 Å². The fraction of sp³-hybridized carbons (Fsp3) is 0.971. The predicted octanol–water partition coefficient (Wildman–Crippen LogP) is 8.84. The number of ether oxygens (including phenoxy) is 6. The molecule has 0 bridgehead atoms. The van der Waals surface area contributed by atoms with Crippen LogP contribution in [-0.4, -0.2) is 78.6 Å². The lowest BCUT2D eigenvalue weighted by molar-refractivity contribution is -0.145. The van der Waals surface area contributed by atoms with Gasteiger partial charge in [-0.2, -0.15) is 0 Å². The first kappa shape index (κ1) is 41.3. The van der Waals surface area contributed by atoms with Crippen LogP contribution >= 0.6 is 0 Å². The Balaban J connectivity index is 3.11. The molecule has 0 amide bonds. The van der Waals surface area contributed by atoms with Gasteiger partial charge in [0.15, 0.2) is 0 Å². The number of hydrogen-bond donors (Lipinski definition) is 0. The van der Waals surface area contributed by atoms with Crippen molar-refractivity contribution in [1.29, 1.82) is 0 Å². The molecule has 0 fully saturated rings. The molecular formula is C35H70O7. The number of carbonyl (C=O) groups is 1. The lowest BCUT2D eigenvalue weighted by atomic mass is 10.1. The Morgan fingerprint density at radius 1 is 0.333 bits per heavy atom. The Bertz CT molecular complexity index is 504. The highest BCUT2D eigenvalue weighted by atomic mass is 16.6. The summed E-state index contributed by atoms with van der Waals surface area (Å²) in [7, 11) is 0. The molecule has 0 aliphatic rings. The van der Waals surface area contributed by atoms with Crippen LogP contribution in [0.1, 0.15) is 149 Å². The zero-order chi connectivity index (χ0) is 30.4. The molecule has 252 valence electrons. The van der Waals surface area contributed by atoms with E-state index in [0.717, 1.165) is 25.9 Å². The summed E-state index contributed by atoms with van der Waals surface area (Å²) in [5.41, 5.74) is 0. The summed E-state index contributed by atoms with van der Waals surface area (Å²) in [6, 6.07) is 0. The van der Waals surface area contributed by atoms with Crippen LogP contribution in [0.25, 0.3) is 0 Å². The minimum Gasteiger partial charge on any atom is -0.463 e. The third kappa shape index (κ3) is 37.3. The maximum absolute atomic E-state index is 11.8. The lowest BCUT2D eigenvalue weighted by Crippen LogP contribution is -2.15. The molecule has 0 radical (unpaired) electrons. The van der Waals surface area contributed by atoms with Gasteiger partial charge >= 0.3 is 5.97 Å². The number of unbranched alkanes of at least 4 members (excludes halogenated alkanes) is 18. The maximum atomic E-state index is 11.8. The van der Waals surface area contributed by atoms with Crippen molar-refractivity contribution in [2.75, 3.05) is 72.7 Å². The number of hydrogen-bond acceptors (Lipinski definition) is 7. The van der Waals surface area contributed by atoms with Gasteiger partial charge in [0.05, 0.1) is 59.5 Å². The highest BCUT2D eigenvalue weighted by Crippen LogP contribution is 2.12.